The lowest BCUT2D eigenvalue weighted by Crippen LogP contribution is -2.00. The van der Waals surface area contributed by atoms with Crippen LogP contribution in [0.15, 0.2) is 34.5 Å². The second-order valence-electron chi connectivity index (χ2n) is 5.64. The van der Waals surface area contributed by atoms with E-state index < -0.39 is 0 Å². The number of thiophene rings is 1. The molecule has 1 fully saturated rings. The molecular formula is C17H20N2O2S. The fourth-order valence-electron chi connectivity index (χ4n) is 2.25. The van der Waals surface area contributed by atoms with Gasteiger partial charge in [0.05, 0.1) is 10.6 Å². The molecule has 4 nitrogen and oxygen atoms in total. The zero-order valence-electron chi connectivity index (χ0n) is 13.1. The van der Waals surface area contributed by atoms with Gasteiger partial charge in [-0.15, -0.1) is 11.3 Å². The van der Waals surface area contributed by atoms with Crippen LogP contribution in [0.4, 0.5) is 0 Å². The number of rotatable bonds is 6. The predicted molar refractivity (Wildman–Crippen MR) is 92.4 cm³/mol. The summed E-state index contributed by atoms with van der Waals surface area (Å²) in [5.74, 6) is 1.41. The first kappa shape index (κ1) is 15.2. The van der Waals surface area contributed by atoms with E-state index >= 15 is 0 Å². The van der Waals surface area contributed by atoms with Gasteiger partial charge in [-0.2, -0.15) is 10.2 Å². The molecule has 0 aliphatic heterocycles. The first-order valence-corrected chi connectivity index (χ1v) is 8.24. The molecule has 0 radical (unpaired) electrons. The van der Waals surface area contributed by atoms with Gasteiger partial charge in [0, 0.05) is 28.8 Å². The van der Waals surface area contributed by atoms with E-state index in [1.807, 2.05) is 26.0 Å². The molecule has 0 N–H and O–H groups in total. The van der Waals surface area contributed by atoms with Crippen molar-refractivity contribution in [2.24, 2.45) is 16.1 Å². The van der Waals surface area contributed by atoms with E-state index in [-0.39, 0.29) is 6.79 Å². The Morgan fingerprint density at radius 1 is 1.27 bits per heavy atom. The molecule has 0 amide bonds. The number of nitrogens with zero attached hydrogens (tertiary/aromatic N) is 2. The molecule has 1 aliphatic rings. The fraction of sp³-hybridized carbons (Fsp3) is 0.412. The molecule has 1 heterocycles. The molecule has 116 valence electrons. The lowest BCUT2D eigenvalue weighted by atomic mass is 10.1. The van der Waals surface area contributed by atoms with Gasteiger partial charge in [-0.3, -0.25) is 0 Å². The van der Waals surface area contributed by atoms with Gasteiger partial charge in [0.1, 0.15) is 5.75 Å². The van der Waals surface area contributed by atoms with Crippen LogP contribution in [0.1, 0.15) is 31.6 Å². The third kappa shape index (κ3) is 3.36. The van der Waals surface area contributed by atoms with Gasteiger partial charge in [-0.05, 0) is 44.9 Å². The van der Waals surface area contributed by atoms with Crippen LogP contribution in [0, 0.1) is 5.92 Å². The van der Waals surface area contributed by atoms with Crippen molar-refractivity contribution in [1.29, 1.82) is 0 Å². The Bertz CT molecular complexity index is 725. The van der Waals surface area contributed by atoms with Crippen LogP contribution in [-0.2, 0) is 4.74 Å². The van der Waals surface area contributed by atoms with E-state index in [0.29, 0.717) is 5.92 Å². The molecule has 3 rings (SSSR count). The SMILES string of the molecule is COCOc1cccc2sc(/C(=N/N=C(C)C)C3CC3)cc12. The quantitative estimate of drug-likeness (QED) is 0.448. The summed E-state index contributed by atoms with van der Waals surface area (Å²) in [7, 11) is 1.63. The van der Waals surface area contributed by atoms with Crippen molar-refractivity contribution in [3.63, 3.8) is 0 Å². The molecule has 1 aromatic heterocycles. The molecule has 0 saturated heterocycles. The van der Waals surface area contributed by atoms with E-state index in [4.69, 9.17) is 9.47 Å². The van der Waals surface area contributed by atoms with Crippen LogP contribution >= 0.6 is 11.3 Å². The Morgan fingerprint density at radius 2 is 2.09 bits per heavy atom. The van der Waals surface area contributed by atoms with Crippen LogP contribution in [0.2, 0.25) is 0 Å². The standard InChI is InChI=1S/C17H20N2O2S/c1-11(2)18-19-17(12-7-8-12)16-9-13-14(21-10-20-3)5-4-6-15(13)22-16/h4-6,9,12H,7-8,10H2,1-3H3/b19-17+. The Hall–Kier alpha value is -1.72. The number of ether oxygens (including phenoxy) is 2. The maximum absolute atomic E-state index is 5.65. The van der Waals surface area contributed by atoms with Gasteiger partial charge in [-0.25, -0.2) is 0 Å². The van der Waals surface area contributed by atoms with Crippen molar-refractivity contribution in [2.75, 3.05) is 13.9 Å². The molecule has 1 aliphatic carbocycles. The van der Waals surface area contributed by atoms with Gasteiger partial charge in [0.15, 0.2) is 6.79 Å². The number of methoxy groups -OCH3 is 1. The second-order valence-corrected chi connectivity index (χ2v) is 6.72. The molecule has 0 unspecified atom stereocenters. The Kier molecular flexibility index (Phi) is 4.55. The van der Waals surface area contributed by atoms with E-state index in [0.717, 1.165) is 22.6 Å². The van der Waals surface area contributed by atoms with E-state index in [9.17, 15) is 0 Å². The minimum absolute atomic E-state index is 0.257. The minimum Gasteiger partial charge on any atom is -0.467 e. The number of fused-ring (bicyclic) bond motifs is 1. The average molecular weight is 316 g/mol. The third-order valence-electron chi connectivity index (χ3n) is 3.43. The zero-order valence-corrected chi connectivity index (χ0v) is 13.9. The van der Waals surface area contributed by atoms with Gasteiger partial charge in [0.2, 0.25) is 0 Å². The molecule has 22 heavy (non-hydrogen) atoms. The van der Waals surface area contributed by atoms with E-state index in [1.54, 1.807) is 18.4 Å². The van der Waals surface area contributed by atoms with Crippen molar-refractivity contribution in [2.45, 2.75) is 26.7 Å². The number of benzene rings is 1. The normalized spacial score (nSPS) is 15.1. The summed E-state index contributed by atoms with van der Waals surface area (Å²) in [6, 6.07) is 8.26. The summed E-state index contributed by atoms with van der Waals surface area (Å²) in [6.07, 6.45) is 2.41. The summed E-state index contributed by atoms with van der Waals surface area (Å²) in [4.78, 5) is 1.19. The first-order valence-electron chi connectivity index (χ1n) is 7.42. The monoisotopic (exact) mass is 316 g/mol. The highest BCUT2D eigenvalue weighted by molar-refractivity contribution is 7.21. The van der Waals surface area contributed by atoms with E-state index in [2.05, 4.69) is 22.3 Å². The maximum atomic E-state index is 5.65. The van der Waals surface area contributed by atoms with Crippen molar-refractivity contribution in [3.05, 3.63) is 29.1 Å². The molecule has 1 saturated carbocycles. The van der Waals surface area contributed by atoms with Crippen LogP contribution in [0.5, 0.6) is 5.75 Å². The highest BCUT2D eigenvalue weighted by atomic mass is 32.1. The average Bonchev–Trinajstić information content (AvgIpc) is 3.23. The maximum Gasteiger partial charge on any atom is 0.188 e. The molecule has 5 heteroatoms. The van der Waals surface area contributed by atoms with Crippen molar-refractivity contribution >= 4 is 32.8 Å². The third-order valence-corrected chi connectivity index (χ3v) is 4.55. The van der Waals surface area contributed by atoms with Gasteiger partial charge in [0.25, 0.3) is 0 Å². The zero-order chi connectivity index (χ0) is 15.5. The summed E-state index contributed by atoms with van der Waals surface area (Å²) >= 11 is 1.75. The number of hydrogen-bond acceptors (Lipinski definition) is 5. The molecule has 2 aromatic rings. The molecule has 1 aromatic carbocycles. The van der Waals surface area contributed by atoms with E-state index in [1.165, 1.54) is 22.4 Å². The lowest BCUT2D eigenvalue weighted by molar-refractivity contribution is 0.0522. The molecule has 0 bridgehead atoms. The van der Waals surface area contributed by atoms with Crippen LogP contribution < -0.4 is 4.74 Å². The molecule has 0 atom stereocenters. The Balaban J connectivity index is 1.99. The van der Waals surface area contributed by atoms with Crippen LogP contribution in [0.25, 0.3) is 10.1 Å². The first-order chi connectivity index (χ1) is 10.7. The predicted octanol–water partition coefficient (Wildman–Crippen LogP) is 4.48. The van der Waals surface area contributed by atoms with Gasteiger partial charge < -0.3 is 9.47 Å². The molecular weight excluding hydrogens is 296 g/mol. The Morgan fingerprint density at radius 3 is 2.77 bits per heavy atom. The van der Waals surface area contributed by atoms with Gasteiger partial charge >= 0.3 is 0 Å². The highest BCUT2D eigenvalue weighted by Gasteiger charge is 2.30. The fourth-order valence-corrected chi connectivity index (χ4v) is 3.39. The van der Waals surface area contributed by atoms with Crippen molar-refractivity contribution < 1.29 is 9.47 Å². The van der Waals surface area contributed by atoms with Gasteiger partial charge in [-0.1, -0.05) is 6.07 Å². The van der Waals surface area contributed by atoms with Crippen molar-refractivity contribution in [1.82, 2.24) is 0 Å². The summed E-state index contributed by atoms with van der Waals surface area (Å²) < 4.78 is 11.9. The van der Waals surface area contributed by atoms with Crippen molar-refractivity contribution in [3.8, 4) is 5.75 Å². The topological polar surface area (TPSA) is 43.2 Å². The minimum atomic E-state index is 0.257. The Labute approximate surface area is 134 Å². The molecule has 0 spiro atoms. The number of hydrogen-bond donors (Lipinski definition) is 0. The summed E-state index contributed by atoms with van der Waals surface area (Å²) in [5.41, 5.74) is 2.09. The largest absolute Gasteiger partial charge is 0.467 e. The lowest BCUT2D eigenvalue weighted by Gasteiger charge is -2.05. The highest BCUT2D eigenvalue weighted by Crippen LogP contribution is 2.39. The summed E-state index contributed by atoms with van der Waals surface area (Å²) in [5, 5.41) is 9.87. The summed E-state index contributed by atoms with van der Waals surface area (Å²) in [6.45, 7) is 4.19. The second kappa shape index (κ2) is 6.58. The smallest absolute Gasteiger partial charge is 0.188 e. The van der Waals surface area contributed by atoms with Crippen LogP contribution in [-0.4, -0.2) is 25.3 Å². The van der Waals surface area contributed by atoms with Crippen LogP contribution in [0.3, 0.4) is 0 Å².